The van der Waals surface area contributed by atoms with Gasteiger partial charge in [0.05, 0.1) is 12.5 Å². The zero-order chi connectivity index (χ0) is 22.1. The van der Waals surface area contributed by atoms with Crippen LogP contribution in [-0.2, 0) is 9.59 Å². The summed E-state index contributed by atoms with van der Waals surface area (Å²) in [6, 6.07) is 14.5. The molecule has 2 N–H and O–H groups in total. The van der Waals surface area contributed by atoms with Crippen molar-refractivity contribution in [1.82, 2.24) is 0 Å². The van der Waals surface area contributed by atoms with Crippen LogP contribution in [0.1, 0.15) is 38.5 Å². The standard InChI is InChI=1S/C26H30N2O4/c1-31-22-4-2-3-5-23(22)32-16-24(29)27-20-6-8-21(9-7-20)28-25(30)26-13-17-10-18(14-26)12-19(11-17)15-26/h2-9,17-19H,10-16H2,1H3,(H,27,29)(H,28,30). The summed E-state index contributed by atoms with van der Waals surface area (Å²) in [7, 11) is 1.56. The topological polar surface area (TPSA) is 76.7 Å². The molecule has 4 fully saturated rings. The molecule has 4 saturated carbocycles. The van der Waals surface area contributed by atoms with Crippen LogP contribution in [0.15, 0.2) is 48.5 Å². The summed E-state index contributed by atoms with van der Waals surface area (Å²) in [5.74, 6) is 3.24. The van der Waals surface area contributed by atoms with E-state index in [0.29, 0.717) is 17.2 Å². The Bertz CT molecular complexity index is 966. The molecule has 6 nitrogen and oxygen atoms in total. The maximum absolute atomic E-state index is 13.2. The van der Waals surface area contributed by atoms with Gasteiger partial charge < -0.3 is 20.1 Å². The quantitative estimate of drug-likeness (QED) is 0.652. The van der Waals surface area contributed by atoms with Crippen molar-refractivity contribution in [2.75, 3.05) is 24.4 Å². The van der Waals surface area contributed by atoms with E-state index in [-0.39, 0.29) is 23.8 Å². The fraction of sp³-hybridized carbons (Fsp3) is 0.462. The number of anilines is 2. The molecule has 0 aromatic heterocycles. The number of para-hydroxylation sites is 2. The van der Waals surface area contributed by atoms with E-state index in [1.54, 1.807) is 31.4 Å². The highest BCUT2D eigenvalue weighted by Crippen LogP contribution is 2.60. The molecule has 0 saturated heterocycles. The third kappa shape index (κ3) is 4.18. The molecule has 0 radical (unpaired) electrons. The Kier molecular flexibility index (Phi) is 5.53. The van der Waals surface area contributed by atoms with Crippen molar-refractivity contribution in [3.8, 4) is 11.5 Å². The Hall–Kier alpha value is -3.02. The first-order chi connectivity index (χ1) is 15.5. The Balaban J connectivity index is 1.15. The van der Waals surface area contributed by atoms with Gasteiger partial charge in [0.15, 0.2) is 18.1 Å². The molecule has 4 aliphatic carbocycles. The van der Waals surface area contributed by atoms with Crippen molar-refractivity contribution in [2.45, 2.75) is 38.5 Å². The first-order valence-electron chi connectivity index (χ1n) is 11.5. The van der Waals surface area contributed by atoms with Gasteiger partial charge in [-0.25, -0.2) is 0 Å². The molecule has 4 aliphatic rings. The maximum atomic E-state index is 13.2. The Morgan fingerprint density at radius 1 is 0.844 bits per heavy atom. The van der Waals surface area contributed by atoms with Crippen molar-refractivity contribution < 1.29 is 19.1 Å². The number of ether oxygens (including phenoxy) is 2. The fourth-order valence-corrected chi connectivity index (χ4v) is 6.37. The summed E-state index contributed by atoms with van der Waals surface area (Å²) in [6.45, 7) is -0.120. The van der Waals surface area contributed by atoms with Crippen molar-refractivity contribution in [1.29, 1.82) is 0 Å². The lowest BCUT2D eigenvalue weighted by Gasteiger charge is -2.55. The predicted molar refractivity (Wildman–Crippen MR) is 123 cm³/mol. The minimum absolute atomic E-state index is 0.120. The summed E-state index contributed by atoms with van der Waals surface area (Å²) < 4.78 is 10.8. The van der Waals surface area contributed by atoms with Crippen LogP contribution < -0.4 is 20.1 Å². The molecule has 0 heterocycles. The molecule has 2 amide bonds. The average Bonchev–Trinajstić information content (AvgIpc) is 2.78. The second kappa shape index (κ2) is 8.49. The Labute approximate surface area is 188 Å². The highest BCUT2D eigenvalue weighted by Gasteiger charge is 2.54. The first-order valence-corrected chi connectivity index (χ1v) is 11.5. The van der Waals surface area contributed by atoms with E-state index in [2.05, 4.69) is 10.6 Å². The van der Waals surface area contributed by atoms with Gasteiger partial charge in [0.2, 0.25) is 5.91 Å². The molecule has 2 aromatic carbocycles. The van der Waals surface area contributed by atoms with Gasteiger partial charge in [0.1, 0.15) is 0 Å². The summed E-state index contributed by atoms with van der Waals surface area (Å²) in [5.41, 5.74) is 1.26. The van der Waals surface area contributed by atoms with Gasteiger partial charge in [-0.3, -0.25) is 9.59 Å². The predicted octanol–water partition coefficient (Wildman–Crippen LogP) is 4.87. The average molecular weight is 435 g/mol. The lowest BCUT2D eigenvalue weighted by molar-refractivity contribution is -0.140. The molecular weight excluding hydrogens is 404 g/mol. The number of hydrogen-bond donors (Lipinski definition) is 2. The monoisotopic (exact) mass is 434 g/mol. The molecule has 0 unspecified atom stereocenters. The first kappa shape index (κ1) is 20.9. The Morgan fingerprint density at radius 3 is 1.94 bits per heavy atom. The zero-order valence-corrected chi connectivity index (χ0v) is 18.4. The molecular formula is C26H30N2O4. The van der Waals surface area contributed by atoms with Crippen LogP contribution in [0.4, 0.5) is 11.4 Å². The lowest BCUT2D eigenvalue weighted by Crippen LogP contribution is -2.51. The third-order valence-electron chi connectivity index (χ3n) is 7.37. The van der Waals surface area contributed by atoms with Crippen LogP contribution in [0.5, 0.6) is 11.5 Å². The molecule has 4 bridgehead atoms. The van der Waals surface area contributed by atoms with E-state index in [1.807, 2.05) is 24.3 Å². The number of carbonyl (C=O) groups is 2. The highest BCUT2D eigenvalue weighted by atomic mass is 16.5. The van der Waals surface area contributed by atoms with E-state index in [4.69, 9.17) is 9.47 Å². The summed E-state index contributed by atoms with van der Waals surface area (Å²) in [5, 5.41) is 5.97. The molecule has 0 spiro atoms. The maximum Gasteiger partial charge on any atom is 0.262 e. The number of methoxy groups -OCH3 is 1. The second-order valence-electron chi connectivity index (χ2n) is 9.72. The summed E-state index contributed by atoms with van der Waals surface area (Å²) in [4.78, 5) is 25.5. The van der Waals surface area contributed by atoms with Gasteiger partial charge in [0, 0.05) is 11.4 Å². The minimum Gasteiger partial charge on any atom is -0.493 e. The fourth-order valence-electron chi connectivity index (χ4n) is 6.37. The van der Waals surface area contributed by atoms with E-state index in [1.165, 1.54) is 19.3 Å². The highest BCUT2D eigenvalue weighted by molar-refractivity contribution is 5.96. The summed E-state index contributed by atoms with van der Waals surface area (Å²) in [6.07, 6.45) is 7.10. The molecule has 6 heteroatoms. The van der Waals surface area contributed by atoms with E-state index in [9.17, 15) is 9.59 Å². The minimum atomic E-state index is -0.263. The summed E-state index contributed by atoms with van der Waals surface area (Å²) >= 11 is 0. The lowest BCUT2D eigenvalue weighted by atomic mass is 9.49. The SMILES string of the molecule is COc1ccccc1OCC(=O)Nc1ccc(NC(=O)C23CC4CC(CC(C4)C2)C3)cc1. The third-order valence-corrected chi connectivity index (χ3v) is 7.37. The van der Waals surface area contributed by atoms with E-state index >= 15 is 0 Å². The van der Waals surface area contributed by atoms with Crippen LogP contribution >= 0.6 is 0 Å². The van der Waals surface area contributed by atoms with Crippen molar-refractivity contribution in [3.63, 3.8) is 0 Å². The second-order valence-corrected chi connectivity index (χ2v) is 9.72. The molecule has 168 valence electrons. The number of hydrogen-bond acceptors (Lipinski definition) is 4. The molecule has 2 aromatic rings. The largest absolute Gasteiger partial charge is 0.493 e. The molecule has 32 heavy (non-hydrogen) atoms. The van der Waals surface area contributed by atoms with E-state index in [0.717, 1.165) is 42.7 Å². The van der Waals surface area contributed by atoms with Crippen LogP contribution in [-0.4, -0.2) is 25.5 Å². The molecule has 0 aliphatic heterocycles. The zero-order valence-electron chi connectivity index (χ0n) is 18.4. The van der Waals surface area contributed by atoms with Gasteiger partial charge in [-0.05, 0) is 92.7 Å². The number of nitrogens with one attached hydrogen (secondary N) is 2. The van der Waals surface area contributed by atoms with Crippen molar-refractivity contribution in [2.24, 2.45) is 23.2 Å². The van der Waals surface area contributed by atoms with Crippen LogP contribution in [0.25, 0.3) is 0 Å². The van der Waals surface area contributed by atoms with Gasteiger partial charge in [0.25, 0.3) is 5.91 Å². The van der Waals surface area contributed by atoms with Gasteiger partial charge >= 0.3 is 0 Å². The number of rotatable bonds is 7. The van der Waals surface area contributed by atoms with Gasteiger partial charge in [-0.15, -0.1) is 0 Å². The normalized spacial score (nSPS) is 27.6. The van der Waals surface area contributed by atoms with Crippen molar-refractivity contribution in [3.05, 3.63) is 48.5 Å². The number of benzene rings is 2. The van der Waals surface area contributed by atoms with Crippen LogP contribution in [0, 0.1) is 23.2 Å². The van der Waals surface area contributed by atoms with Gasteiger partial charge in [-0.2, -0.15) is 0 Å². The van der Waals surface area contributed by atoms with Gasteiger partial charge in [-0.1, -0.05) is 12.1 Å². The van der Waals surface area contributed by atoms with Crippen molar-refractivity contribution >= 4 is 23.2 Å². The molecule has 0 atom stereocenters. The van der Waals surface area contributed by atoms with E-state index < -0.39 is 0 Å². The Morgan fingerprint density at radius 2 is 1.38 bits per heavy atom. The van der Waals surface area contributed by atoms with Crippen LogP contribution in [0.2, 0.25) is 0 Å². The smallest absolute Gasteiger partial charge is 0.262 e. The number of amides is 2. The number of carbonyl (C=O) groups excluding carboxylic acids is 2. The molecule has 6 rings (SSSR count). The van der Waals surface area contributed by atoms with Crippen LogP contribution in [0.3, 0.4) is 0 Å².